The normalized spacial score (nSPS) is 28.1. The first kappa shape index (κ1) is 18.7. The molecule has 1 saturated carbocycles. The number of halogens is 1. The van der Waals surface area contributed by atoms with Crippen LogP contribution in [0, 0.1) is 5.82 Å². The van der Waals surface area contributed by atoms with Crippen molar-refractivity contribution < 1.29 is 13.9 Å². The highest BCUT2D eigenvalue weighted by Crippen LogP contribution is 2.43. The number of nitrogens with one attached hydrogen (secondary N) is 1. The van der Waals surface area contributed by atoms with E-state index in [1.807, 2.05) is 19.2 Å². The van der Waals surface area contributed by atoms with Crippen molar-refractivity contribution in [3.63, 3.8) is 0 Å². The highest BCUT2D eigenvalue weighted by molar-refractivity contribution is 5.80. The number of morpholine rings is 1. The Morgan fingerprint density at radius 3 is 2.59 bits per heavy atom. The van der Waals surface area contributed by atoms with Crippen LogP contribution in [0.3, 0.4) is 0 Å². The molecule has 2 aliphatic heterocycles. The van der Waals surface area contributed by atoms with Gasteiger partial charge in [0.2, 0.25) is 0 Å². The first-order chi connectivity index (χ1) is 13.2. The van der Waals surface area contributed by atoms with Gasteiger partial charge in [0.15, 0.2) is 5.96 Å². The van der Waals surface area contributed by atoms with Gasteiger partial charge >= 0.3 is 0 Å². The quantitative estimate of drug-likeness (QED) is 0.649. The van der Waals surface area contributed by atoms with Gasteiger partial charge in [0.25, 0.3) is 0 Å². The summed E-state index contributed by atoms with van der Waals surface area (Å²) in [5.41, 5.74) is 1.31. The van der Waals surface area contributed by atoms with Crippen molar-refractivity contribution in [1.29, 1.82) is 0 Å². The summed E-state index contributed by atoms with van der Waals surface area (Å²) in [5.74, 6) is 0.750. The molecular weight excluding hydrogens is 345 g/mol. The van der Waals surface area contributed by atoms with Crippen LogP contribution in [0.15, 0.2) is 29.3 Å². The molecule has 2 heterocycles. The molecule has 2 saturated heterocycles. The van der Waals surface area contributed by atoms with Crippen LogP contribution in [-0.2, 0) is 14.9 Å². The largest absolute Gasteiger partial charge is 0.375 e. The van der Waals surface area contributed by atoms with Gasteiger partial charge in [-0.1, -0.05) is 18.6 Å². The summed E-state index contributed by atoms with van der Waals surface area (Å²) in [6.07, 6.45) is 6.01. The van der Waals surface area contributed by atoms with Crippen LogP contribution < -0.4 is 5.32 Å². The molecule has 148 valence electrons. The van der Waals surface area contributed by atoms with E-state index >= 15 is 0 Å². The van der Waals surface area contributed by atoms with Gasteiger partial charge in [-0.15, -0.1) is 0 Å². The third kappa shape index (κ3) is 3.97. The molecule has 1 N–H and O–H groups in total. The molecule has 0 amide bonds. The van der Waals surface area contributed by atoms with E-state index in [1.54, 1.807) is 12.1 Å². The Morgan fingerprint density at radius 2 is 1.96 bits per heavy atom. The molecule has 3 aliphatic rings. The van der Waals surface area contributed by atoms with Crippen LogP contribution in [0.1, 0.15) is 37.7 Å². The maximum Gasteiger partial charge on any atom is 0.193 e. The summed E-state index contributed by atoms with van der Waals surface area (Å²) in [5, 5.41) is 3.59. The van der Waals surface area contributed by atoms with Crippen molar-refractivity contribution in [2.45, 2.75) is 49.7 Å². The average Bonchev–Trinajstić information content (AvgIpc) is 3.20. The van der Waals surface area contributed by atoms with Gasteiger partial charge in [-0.25, -0.2) is 4.39 Å². The van der Waals surface area contributed by atoms with Crippen LogP contribution in [0.25, 0.3) is 0 Å². The topological polar surface area (TPSA) is 46.1 Å². The molecule has 0 aromatic heterocycles. The van der Waals surface area contributed by atoms with Crippen molar-refractivity contribution >= 4 is 5.96 Å². The highest BCUT2D eigenvalue weighted by Gasteiger charge is 2.39. The molecular formula is C21H30FN3O2. The number of benzene rings is 1. The molecule has 2 atom stereocenters. The summed E-state index contributed by atoms with van der Waals surface area (Å²) >= 11 is 0. The zero-order valence-electron chi connectivity index (χ0n) is 16.1. The summed E-state index contributed by atoms with van der Waals surface area (Å²) in [7, 11) is 1.84. The Hall–Kier alpha value is -1.66. The smallest absolute Gasteiger partial charge is 0.193 e. The summed E-state index contributed by atoms with van der Waals surface area (Å²) in [4.78, 5) is 6.80. The zero-order chi connectivity index (χ0) is 18.7. The van der Waals surface area contributed by atoms with Crippen molar-refractivity contribution in [3.05, 3.63) is 35.6 Å². The van der Waals surface area contributed by atoms with Gasteiger partial charge in [-0.2, -0.15) is 0 Å². The molecule has 6 heteroatoms. The van der Waals surface area contributed by atoms with E-state index in [0.29, 0.717) is 6.61 Å². The Labute approximate surface area is 160 Å². The number of rotatable bonds is 4. The summed E-state index contributed by atoms with van der Waals surface area (Å²) < 4.78 is 25.1. The van der Waals surface area contributed by atoms with Gasteiger partial charge in [0, 0.05) is 38.7 Å². The molecule has 0 spiro atoms. The molecule has 1 aromatic carbocycles. The summed E-state index contributed by atoms with van der Waals surface area (Å²) in [6, 6.07) is 7.00. The molecule has 3 fully saturated rings. The van der Waals surface area contributed by atoms with Crippen LogP contribution in [-0.4, -0.2) is 63.0 Å². The minimum atomic E-state index is -0.175. The minimum Gasteiger partial charge on any atom is -0.375 e. The van der Waals surface area contributed by atoms with Crippen molar-refractivity contribution in [1.82, 2.24) is 10.2 Å². The molecule has 4 rings (SSSR count). The van der Waals surface area contributed by atoms with E-state index < -0.39 is 0 Å². The van der Waals surface area contributed by atoms with E-state index in [-0.39, 0.29) is 23.4 Å². The summed E-state index contributed by atoms with van der Waals surface area (Å²) in [6.45, 7) is 4.03. The second kappa shape index (κ2) is 8.15. The van der Waals surface area contributed by atoms with E-state index in [1.165, 1.54) is 12.0 Å². The van der Waals surface area contributed by atoms with Crippen LogP contribution in [0.2, 0.25) is 0 Å². The Morgan fingerprint density at radius 1 is 1.19 bits per heavy atom. The van der Waals surface area contributed by atoms with Crippen LogP contribution in [0.5, 0.6) is 0 Å². The van der Waals surface area contributed by atoms with E-state index in [4.69, 9.17) is 9.47 Å². The lowest BCUT2D eigenvalue weighted by molar-refractivity contribution is -0.0817. The van der Waals surface area contributed by atoms with Gasteiger partial charge in [-0.05, 0) is 43.4 Å². The maximum atomic E-state index is 13.3. The minimum absolute atomic E-state index is 0.0872. The van der Waals surface area contributed by atoms with Gasteiger partial charge < -0.3 is 19.7 Å². The Balaban J connectivity index is 1.39. The molecule has 0 bridgehead atoms. The molecule has 27 heavy (non-hydrogen) atoms. The second-order valence-corrected chi connectivity index (χ2v) is 7.95. The lowest BCUT2D eigenvalue weighted by Crippen LogP contribution is -2.55. The monoisotopic (exact) mass is 375 g/mol. The third-order valence-corrected chi connectivity index (χ3v) is 6.34. The molecule has 1 aliphatic carbocycles. The van der Waals surface area contributed by atoms with Crippen molar-refractivity contribution in [2.75, 3.05) is 39.9 Å². The molecule has 2 unspecified atom stereocenters. The van der Waals surface area contributed by atoms with Gasteiger partial charge in [-0.3, -0.25) is 4.99 Å². The third-order valence-electron chi connectivity index (χ3n) is 6.34. The fraction of sp³-hybridized carbons (Fsp3) is 0.667. The Kier molecular flexibility index (Phi) is 5.64. The predicted octanol–water partition coefficient (Wildman–Crippen LogP) is 2.70. The van der Waals surface area contributed by atoms with Crippen molar-refractivity contribution in [3.8, 4) is 0 Å². The fourth-order valence-corrected chi connectivity index (χ4v) is 4.54. The maximum absolute atomic E-state index is 13.3. The zero-order valence-corrected chi connectivity index (χ0v) is 16.1. The van der Waals surface area contributed by atoms with Gasteiger partial charge in [0.05, 0.1) is 12.7 Å². The predicted molar refractivity (Wildman–Crippen MR) is 104 cm³/mol. The number of hydrogen-bond acceptors (Lipinski definition) is 3. The number of nitrogens with zero attached hydrogens (tertiary/aromatic N) is 2. The number of guanidine groups is 1. The van der Waals surface area contributed by atoms with E-state index in [9.17, 15) is 4.39 Å². The highest BCUT2D eigenvalue weighted by atomic mass is 19.1. The standard InChI is InChI=1S/C21H30FN3O2/c1-23-20(25-11-13-27-19(14-25)18-4-2-12-26-18)24-15-21(9-3-10-21)16-5-7-17(22)8-6-16/h5-8,18-19H,2-4,9-15H2,1H3,(H,23,24). The first-order valence-corrected chi connectivity index (χ1v) is 10.2. The number of aliphatic imine (C=N–C) groups is 1. The first-order valence-electron chi connectivity index (χ1n) is 10.2. The number of hydrogen-bond donors (Lipinski definition) is 1. The lowest BCUT2D eigenvalue weighted by Gasteiger charge is -2.44. The number of ether oxygens (including phenoxy) is 2. The van der Waals surface area contributed by atoms with Crippen LogP contribution in [0.4, 0.5) is 4.39 Å². The SMILES string of the molecule is CN=C(NCC1(c2ccc(F)cc2)CCC1)N1CCOC(C2CCCO2)C1. The average molecular weight is 375 g/mol. The van der Waals surface area contributed by atoms with E-state index in [2.05, 4.69) is 15.2 Å². The Bertz CT molecular complexity index is 654. The lowest BCUT2D eigenvalue weighted by atomic mass is 9.64. The molecule has 0 radical (unpaired) electrons. The van der Waals surface area contributed by atoms with Gasteiger partial charge in [0.1, 0.15) is 11.9 Å². The second-order valence-electron chi connectivity index (χ2n) is 7.95. The molecule has 5 nitrogen and oxygen atoms in total. The fourth-order valence-electron chi connectivity index (χ4n) is 4.54. The van der Waals surface area contributed by atoms with Crippen molar-refractivity contribution in [2.24, 2.45) is 4.99 Å². The van der Waals surface area contributed by atoms with E-state index in [0.717, 1.165) is 57.9 Å². The van der Waals surface area contributed by atoms with Crippen LogP contribution >= 0.6 is 0 Å². The molecule has 1 aromatic rings.